The molecule has 0 unspecified atom stereocenters. The molecule has 2 amide bonds. The average Bonchev–Trinajstić information content (AvgIpc) is 2.92. The fourth-order valence-corrected chi connectivity index (χ4v) is 5.79. The van der Waals surface area contributed by atoms with Crippen molar-refractivity contribution in [3.05, 3.63) is 36.4 Å². The van der Waals surface area contributed by atoms with E-state index in [0.29, 0.717) is 24.9 Å². The zero-order valence-corrected chi connectivity index (χ0v) is 20.1. The molecule has 1 atom stereocenters. The lowest BCUT2D eigenvalue weighted by molar-refractivity contribution is -0.130. The lowest BCUT2D eigenvalue weighted by Crippen LogP contribution is -2.46. The van der Waals surface area contributed by atoms with E-state index in [1.807, 2.05) is 0 Å². The average molecular weight is 483 g/mol. The highest BCUT2D eigenvalue weighted by Crippen LogP contribution is 2.55. The molecular weight excluding hydrogens is 451 g/mol. The van der Waals surface area contributed by atoms with Crippen molar-refractivity contribution >= 4 is 33.5 Å². The van der Waals surface area contributed by atoms with Crippen LogP contribution in [0.1, 0.15) is 34.1 Å². The van der Waals surface area contributed by atoms with Crippen LogP contribution in [0.15, 0.2) is 35.5 Å². The number of alkyl carbamates (subject to hydrolysis) is 1. The predicted octanol–water partition coefficient (Wildman–Crippen LogP) is 3.85. The quantitative estimate of drug-likeness (QED) is 0.606. The summed E-state index contributed by atoms with van der Waals surface area (Å²) in [4.78, 5) is 30.0. The van der Waals surface area contributed by atoms with Gasteiger partial charge in [0.05, 0.1) is 11.1 Å². The van der Waals surface area contributed by atoms with Crippen LogP contribution in [0.2, 0.25) is 0 Å². The summed E-state index contributed by atoms with van der Waals surface area (Å²) >= 11 is 0. The Morgan fingerprint density at radius 3 is 2.70 bits per heavy atom. The van der Waals surface area contributed by atoms with Crippen LogP contribution in [0.25, 0.3) is 10.8 Å². The molecule has 1 aliphatic rings. The van der Waals surface area contributed by atoms with E-state index in [1.54, 1.807) is 44.7 Å². The van der Waals surface area contributed by atoms with Crippen LogP contribution in [0.3, 0.4) is 0 Å². The molecule has 0 saturated carbocycles. The summed E-state index contributed by atoms with van der Waals surface area (Å²) in [6.45, 7) is 7.67. The van der Waals surface area contributed by atoms with E-state index in [0.717, 1.165) is 6.20 Å². The van der Waals surface area contributed by atoms with Gasteiger partial charge in [0.2, 0.25) is 5.91 Å². The first kappa shape index (κ1) is 25.2. The molecule has 1 fully saturated rings. The number of pyridine rings is 1. The first-order valence-corrected chi connectivity index (χ1v) is 12.2. The number of nitrogens with one attached hydrogen (secondary N) is 1. The number of fused-ring (bicyclic) bond motifs is 1. The van der Waals surface area contributed by atoms with E-state index in [2.05, 4.69) is 10.3 Å². The van der Waals surface area contributed by atoms with Crippen LogP contribution in [0.5, 0.6) is 0 Å². The molecule has 9 nitrogen and oxygen atoms in total. The third-order valence-corrected chi connectivity index (χ3v) is 7.37. The van der Waals surface area contributed by atoms with Crippen LogP contribution in [-0.4, -0.2) is 73.1 Å². The van der Waals surface area contributed by atoms with Crippen molar-refractivity contribution in [2.45, 2.75) is 50.7 Å². The number of hydrogen-bond donors (Lipinski definition) is 3. The van der Waals surface area contributed by atoms with Gasteiger partial charge in [-0.15, -0.1) is 10.8 Å². The molecular formula is C22H31FN4O5S. The largest absolute Gasteiger partial charge is 0.444 e. The van der Waals surface area contributed by atoms with Gasteiger partial charge in [-0.2, -0.15) is 4.31 Å². The third kappa shape index (κ3) is 5.91. The van der Waals surface area contributed by atoms with E-state index >= 15 is 0 Å². The summed E-state index contributed by atoms with van der Waals surface area (Å²) < 4.78 is 43.7. The topological polar surface area (TPSA) is 115 Å². The van der Waals surface area contributed by atoms with Crippen molar-refractivity contribution in [1.29, 1.82) is 0 Å². The molecule has 3 N–H and O–H groups in total. The number of rotatable bonds is 4. The standard InChI is InChI=1S/C22H31FN4O5S/c1-15-14-26(19(28)13-25-21(29)32-22(2,3)4)9-6-10-27(15)33(30,31)18-8-5-7-16-11-24-12-17(23)20(16)18/h5,7-8,11-12,15,30-31H,6,9-10,13-14H2,1-4H3,(H,25,29)/t15-/m0/s1. The fourth-order valence-electron chi connectivity index (χ4n) is 3.83. The molecule has 0 bridgehead atoms. The molecule has 11 heteroatoms. The maximum absolute atomic E-state index is 14.6. The Bertz CT molecular complexity index is 1020. The van der Waals surface area contributed by atoms with Gasteiger partial charge in [0.25, 0.3) is 0 Å². The molecule has 1 saturated heterocycles. The van der Waals surface area contributed by atoms with E-state index in [1.165, 1.54) is 16.6 Å². The highest BCUT2D eigenvalue weighted by Gasteiger charge is 2.35. The Kier molecular flexibility index (Phi) is 7.47. The Hall–Kier alpha value is -2.47. The van der Waals surface area contributed by atoms with Crippen LogP contribution in [0.4, 0.5) is 9.18 Å². The Morgan fingerprint density at radius 1 is 1.27 bits per heavy atom. The lowest BCUT2D eigenvalue weighted by Gasteiger charge is -2.46. The SMILES string of the molecule is C[C@H]1CN(C(=O)CNC(=O)OC(C)(C)C)CCCN1S(O)(O)c1cccc2cncc(F)c12. The zero-order chi connectivity index (χ0) is 24.4. The number of ether oxygens (including phenoxy) is 1. The summed E-state index contributed by atoms with van der Waals surface area (Å²) in [5.41, 5.74) is -0.670. The van der Waals surface area contributed by atoms with Crippen molar-refractivity contribution in [3.8, 4) is 0 Å². The van der Waals surface area contributed by atoms with E-state index < -0.39 is 34.3 Å². The summed E-state index contributed by atoms with van der Waals surface area (Å²) in [5.74, 6) is -0.927. The second-order valence-electron chi connectivity index (χ2n) is 9.03. The summed E-state index contributed by atoms with van der Waals surface area (Å²) in [5, 5.41) is 3.05. The van der Waals surface area contributed by atoms with E-state index in [9.17, 15) is 23.1 Å². The Labute approximate surface area is 194 Å². The van der Waals surface area contributed by atoms with Crippen molar-refractivity contribution in [3.63, 3.8) is 0 Å². The van der Waals surface area contributed by atoms with Crippen LogP contribution < -0.4 is 5.32 Å². The molecule has 182 valence electrons. The molecule has 1 aromatic carbocycles. The number of amides is 2. The number of aromatic nitrogens is 1. The van der Waals surface area contributed by atoms with Gasteiger partial charge in [-0.1, -0.05) is 12.1 Å². The number of carbonyl (C=O) groups is 2. The second kappa shape index (κ2) is 9.80. The summed E-state index contributed by atoms with van der Waals surface area (Å²) in [6, 6.07) is 4.37. The monoisotopic (exact) mass is 482 g/mol. The molecule has 1 aromatic heterocycles. The van der Waals surface area contributed by atoms with Gasteiger partial charge in [-0.05, 0) is 40.2 Å². The maximum atomic E-state index is 14.6. The smallest absolute Gasteiger partial charge is 0.408 e. The predicted molar refractivity (Wildman–Crippen MR) is 124 cm³/mol. The Balaban J connectivity index is 1.73. The molecule has 3 rings (SSSR count). The molecule has 2 heterocycles. The first-order chi connectivity index (χ1) is 15.4. The Morgan fingerprint density at radius 2 is 2.00 bits per heavy atom. The second-order valence-corrected chi connectivity index (χ2v) is 11.0. The van der Waals surface area contributed by atoms with Gasteiger partial charge in [0, 0.05) is 42.6 Å². The van der Waals surface area contributed by atoms with Crippen molar-refractivity contribution in [1.82, 2.24) is 19.5 Å². The van der Waals surface area contributed by atoms with Crippen LogP contribution in [0, 0.1) is 5.82 Å². The number of halogens is 1. The molecule has 0 spiro atoms. The van der Waals surface area contributed by atoms with Gasteiger partial charge in [0.1, 0.15) is 12.1 Å². The van der Waals surface area contributed by atoms with Gasteiger partial charge >= 0.3 is 6.09 Å². The summed E-state index contributed by atoms with van der Waals surface area (Å²) in [7, 11) is -3.54. The highest BCUT2D eigenvalue weighted by molar-refractivity contribution is 8.22. The normalized spacial score (nSPS) is 18.6. The molecule has 2 aromatic rings. The molecule has 0 radical (unpaired) electrons. The van der Waals surface area contributed by atoms with Crippen LogP contribution in [-0.2, 0) is 9.53 Å². The number of benzene rings is 1. The lowest BCUT2D eigenvalue weighted by atomic mass is 10.2. The molecule has 33 heavy (non-hydrogen) atoms. The van der Waals surface area contributed by atoms with Crippen molar-refractivity contribution < 1.29 is 27.8 Å². The number of carbonyl (C=O) groups excluding carboxylic acids is 2. The molecule has 0 aliphatic carbocycles. The minimum absolute atomic E-state index is 0.0955. The van der Waals surface area contributed by atoms with Gasteiger partial charge in [0.15, 0.2) is 5.82 Å². The van der Waals surface area contributed by atoms with E-state index in [-0.39, 0.29) is 29.3 Å². The number of hydrogen-bond acceptors (Lipinski definition) is 7. The van der Waals surface area contributed by atoms with Gasteiger partial charge in [-0.25, -0.2) is 9.18 Å². The zero-order valence-electron chi connectivity index (χ0n) is 19.2. The summed E-state index contributed by atoms with van der Waals surface area (Å²) in [6.07, 6.45) is 2.32. The van der Waals surface area contributed by atoms with Crippen molar-refractivity contribution in [2.75, 3.05) is 26.2 Å². The minimum atomic E-state index is -3.54. The fraction of sp³-hybridized carbons (Fsp3) is 0.500. The number of nitrogens with zero attached hydrogens (tertiary/aromatic N) is 3. The molecule has 1 aliphatic heterocycles. The minimum Gasteiger partial charge on any atom is -0.444 e. The first-order valence-electron chi connectivity index (χ1n) is 10.7. The van der Waals surface area contributed by atoms with Crippen LogP contribution >= 0.6 is 10.8 Å². The van der Waals surface area contributed by atoms with Gasteiger partial charge in [-0.3, -0.25) is 18.9 Å². The maximum Gasteiger partial charge on any atom is 0.408 e. The van der Waals surface area contributed by atoms with Gasteiger partial charge < -0.3 is 15.0 Å². The van der Waals surface area contributed by atoms with Crippen molar-refractivity contribution in [2.24, 2.45) is 0 Å². The highest BCUT2D eigenvalue weighted by atomic mass is 32.3. The third-order valence-electron chi connectivity index (χ3n) is 5.24. The van der Waals surface area contributed by atoms with E-state index in [4.69, 9.17) is 4.74 Å².